The van der Waals surface area contributed by atoms with Crippen LogP contribution in [0.3, 0.4) is 0 Å². The van der Waals surface area contributed by atoms with Crippen molar-refractivity contribution in [1.82, 2.24) is 0 Å². The number of halogens is 3. The van der Waals surface area contributed by atoms with Crippen LogP contribution in [0, 0.1) is 5.82 Å². The van der Waals surface area contributed by atoms with Crippen molar-refractivity contribution in [2.24, 2.45) is 0 Å². The summed E-state index contributed by atoms with van der Waals surface area (Å²) in [5, 5.41) is 9.19. The molecule has 1 atom stereocenters. The second-order valence-electron chi connectivity index (χ2n) is 4.43. The summed E-state index contributed by atoms with van der Waals surface area (Å²) in [5.74, 6) is -4.76. The number of benzene rings is 1. The van der Waals surface area contributed by atoms with E-state index in [0.717, 1.165) is 12.1 Å². The largest absolute Gasteiger partial charge is 0.481 e. The summed E-state index contributed by atoms with van der Waals surface area (Å²) in [6.07, 6.45) is -1.29. The molecule has 0 amide bonds. The average molecular weight is 244 g/mol. The first-order chi connectivity index (χ1) is 7.86. The van der Waals surface area contributed by atoms with E-state index in [0.29, 0.717) is 0 Å². The van der Waals surface area contributed by atoms with Crippen molar-refractivity contribution >= 4 is 5.97 Å². The molecule has 2 rings (SSSR count). The van der Waals surface area contributed by atoms with Crippen molar-refractivity contribution in [3.05, 3.63) is 35.6 Å². The van der Waals surface area contributed by atoms with E-state index in [1.807, 2.05) is 0 Å². The zero-order chi connectivity index (χ0) is 12.7. The van der Waals surface area contributed by atoms with E-state index in [4.69, 9.17) is 0 Å². The Hall–Kier alpha value is -1.52. The van der Waals surface area contributed by atoms with Crippen molar-refractivity contribution in [3.8, 4) is 0 Å². The van der Waals surface area contributed by atoms with Crippen molar-refractivity contribution in [1.29, 1.82) is 0 Å². The molecule has 92 valence electrons. The Balaban J connectivity index is 2.43. The molecule has 1 N–H and O–H groups in total. The van der Waals surface area contributed by atoms with Gasteiger partial charge in [0.2, 0.25) is 5.92 Å². The van der Waals surface area contributed by atoms with Crippen molar-refractivity contribution in [2.75, 3.05) is 0 Å². The maximum absolute atomic E-state index is 13.2. The first-order valence-electron chi connectivity index (χ1n) is 5.23. The molecule has 0 aliphatic heterocycles. The van der Waals surface area contributed by atoms with Crippen LogP contribution in [-0.4, -0.2) is 17.0 Å². The minimum Gasteiger partial charge on any atom is -0.481 e. The number of rotatable bonds is 2. The summed E-state index contributed by atoms with van der Waals surface area (Å²) >= 11 is 0. The Morgan fingerprint density at radius 1 is 1.18 bits per heavy atom. The fourth-order valence-electron chi connectivity index (χ4n) is 2.34. The lowest BCUT2D eigenvalue weighted by atomic mass is 9.79. The van der Waals surface area contributed by atoms with E-state index in [2.05, 4.69) is 0 Å². The minimum absolute atomic E-state index is 0.124. The van der Waals surface area contributed by atoms with Gasteiger partial charge in [-0.15, -0.1) is 0 Å². The van der Waals surface area contributed by atoms with E-state index in [1.54, 1.807) is 0 Å². The molecule has 1 saturated carbocycles. The smallest absolute Gasteiger partial charge is 0.314 e. The molecule has 0 heterocycles. The number of hydrogen-bond acceptors (Lipinski definition) is 1. The van der Waals surface area contributed by atoms with Crippen LogP contribution < -0.4 is 0 Å². The second kappa shape index (κ2) is 3.75. The number of carboxylic acid groups (broad SMARTS) is 1. The Labute approximate surface area is 96.1 Å². The average Bonchev–Trinajstić information content (AvgIpc) is 2.57. The highest BCUT2D eigenvalue weighted by atomic mass is 19.3. The zero-order valence-electron chi connectivity index (χ0n) is 8.92. The van der Waals surface area contributed by atoms with Crippen LogP contribution in [0.5, 0.6) is 0 Å². The third-order valence-electron chi connectivity index (χ3n) is 3.28. The van der Waals surface area contributed by atoms with Crippen LogP contribution in [0.1, 0.15) is 24.8 Å². The molecule has 0 saturated heterocycles. The normalized spacial score (nSPS) is 27.0. The predicted molar refractivity (Wildman–Crippen MR) is 54.5 cm³/mol. The van der Waals surface area contributed by atoms with Gasteiger partial charge < -0.3 is 5.11 Å². The molecule has 1 aliphatic carbocycles. The highest BCUT2D eigenvalue weighted by molar-refractivity contribution is 5.82. The Morgan fingerprint density at radius 3 is 2.18 bits per heavy atom. The topological polar surface area (TPSA) is 37.3 Å². The van der Waals surface area contributed by atoms with Crippen LogP contribution in [0.25, 0.3) is 0 Å². The molecule has 2 nitrogen and oxygen atoms in total. The van der Waals surface area contributed by atoms with Gasteiger partial charge in [0.15, 0.2) is 0 Å². The minimum atomic E-state index is -2.97. The number of hydrogen-bond donors (Lipinski definition) is 1. The Kier molecular flexibility index (Phi) is 2.64. The fraction of sp³-hybridized carbons (Fsp3) is 0.417. The summed E-state index contributed by atoms with van der Waals surface area (Å²) in [7, 11) is 0. The van der Waals surface area contributed by atoms with Gasteiger partial charge >= 0.3 is 5.97 Å². The molecule has 0 bridgehead atoms. The maximum atomic E-state index is 13.2. The lowest BCUT2D eigenvalue weighted by Crippen LogP contribution is -2.34. The van der Waals surface area contributed by atoms with Crippen LogP contribution in [0.2, 0.25) is 0 Å². The molecule has 1 aliphatic rings. The molecule has 5 heteroatoms. The first kappa shape index (κ1) is 12.0. The zero-order valence-corrected chi connectivity index (χ0v) is 8.92. The van der Waals surface area contributed by atoms with Crippen molar-refractivity contribution < 1.29 is 23.1 Å². The summed E-state index contributed by atoms with van der Waals surface area (Å²) in [4.78, 5) is 11.3. The molecular formula is C12H11F3O2. The van der Waals surface area contributed by atoms with Gasteiger partial charge in [0.05, 0.1) is 5.41 Å². The molecule has 1 aromatic carbocycles. The van der Waals surface area contributed by atoms with Gasteiger partial charge in [0.25, 0.3) is 0 Å². The van der Waals surface area contributed by atoms with E-state index in [-0.39, 0.29) is 12.0 Å². The van der Waals surface area contributed by atoms with Gasteiger partial charge in [-0.1, -0.05) is 12.1 Å². The van der Waals surface area contributed by atoms with E-state index >= 15 is 0 Å². The van der Waals surface area contributed by atoms with Crippen LogP contribution in [-0.2, 0) is 10.2 Å². The number of alkyl halides is 2. The van der Waals surface area contributed by atoms with Crippen molar-refractivity contribution in [3.63, 3.8) is 0 Å². The lowest BCUT2D eigenvalue weighted by molar-refractivity contribution is -0.145. The number of carbonyl (C=O) groups is 1. The monoisotopic (exact) mass is 244 g/mol. The Bertz CT molecular complexity index is 442. The number of aliphatic carboxylic acids is 1. The molecule has 0 aromatic heterocycles. The van der Waals surface area contributed by atoms with Gasteiger partial charge in [-0.2, -0.15) is 0 Å². The van der Waals surface area contributed by atoms with Gasteiger partial charge in [-0.3, -0.25) is 4.79 Å². The molecule has 1 unspecified atom stereocenters. The summed E-state index contributed by atoms with van der Waals surface area (Å²) in [6.45, 7) is 0. The van der Waals surface area contributed by atoms with Gasteiger partial charge in [-0.05, 0) is 24.1 Å². The predicted octanol–water partition coefficient (Wildman–Crippen LogP) is 2.97. The van der Waals surface area contributed by atoms with Crippen LogP contribution >= 0.6 is 0 Å². The standard InChI is InChI=1S/C12H11F3O2/c13-9-3-1-8(2-4-9)11(10(16)17)5-6-12(14,15)7-11/h1-4H,5-7H2,(H,16,17). The molecule has 0 spiro atoms. The maximum Gasteiger partial charge on any atom is 0.314 e. The molecule has 1 aromatic rings. The van der Waals surface area contributed by atoms with Crippen LogP contribution in [0.15, 0.2) is 24.3 Å². The van der Waals surface area contributed by atoms with Gasteiger partial charge in [-0.25, -0.2) is 13.2 Å². The number of carboxylic acids is 1. The molecule has 17 heavy (non-hydrogen) atoms. The van der Waals surface area contributed by atoms with Gasteiger partial charge in [0, 0.05) is 12.8 Å². The molecular weight excluding hydrogens is 233 g/mol. The quantitative estimate of drug-likeness (QED) is 0.868. The highest BCUT2D eigenvalue weighted by Crippen LogP contribution is 2.49. The van der Waals surface area contributed by atoms with E-state index in [9.17, 15) is 23.1 Å². The molecule has 1 fully saturated rings. The fourth-order valence-corrected chi connectivity index (χ4v) is 2.34. The molecule has 0 radical (unpaired) electrons. The van der Waals surface area contributed by atoms with Crippen LogP contribution in [0.4, 0.5) is 13.2 Å². The lowest BCUT2D eigenvalue weighted by Gasteiger charge is -2.24. The summed E-state index contributed by atoms with van der Waals surface area (Å²) in [6, 6.07) is 4.72. The van der Waals surface area contributed by atoms with Gasteiger partial charge in [0.1, 0.15) is 5.82 Å². The third-order valence-corrected chi connectivity index (χ3v) is 3.28. The Morgan fingerprint density at radius 2 is 1.76 bits per heavy atom. The van der Waals surface area contributed by atoms with E-state index in [1.165, 1.54) is 12.1 Å². The summed E-state index contributed by atoms with van der Waals surface area (Å²) in [5.41, 5.74) is -1.35. The third kappa shape index (κ3) is 2.01. The van der Waals surface area contributed by atoms with Crippen molar-refractivity contribution in [2.45, 2.75) is 30.6 Å². The summed E-state index contributed by atoms with van der Waals surface area (Å²) < 4.78 is 39.2. The SMILES string of the molecule is O=C(O)C1(c2ccc(F)cc2)CCC(F)(F)C1. The highest BCUT2D eigenvalue weighted by Gasteiger charge is 2.54. The first-order valence-corrected chi connectivity index (χ1v) is 5.23. The second-order valence-corrected chi connectivity index (χ2v) is 4.43. The van der Waals surface area contributed by atoms with E-state index < -0.39 is 36.0 Å².